The SMILES string of the molecule is NS(=O)(=O)c1ccc(CNS(=O)(=O)c2ccc(F)cc2Br)cc1. The van der Waals surface area contributed by atoms with Crippen LogP contribution in [0.15, 0.2) is 56.7 Å². The van der Waals surface area contributed by atoms with E-state index < -0.39 is 25.9 Å². The molecule has 0 fully saturated rings. The fourth-order valence-corrected chi connectivity index (χ4v) is 4.33. The first-order valence-electron chi connectivity index (χ1n) is 6.16. The van der Waals surface area contributed by atoms with Gasteiger partial charge in [-0.25, -0.2) is 31.1 Å². The monoisotopic (exact) mass is 422 g/mol. The Bertz CT molecular complexity index is 929. The molecule has 0 amide bonds. The highest BCUT2D eigenvalue weighted by atomic mass is 79.9. The van der Waals surface area contributed by atoms with Crippen molar-refractivity contribution in [1.82, 2.24) is 4.72 Å². The normalized spacial score (nSPS) is 12.3. The van der Waals surface area contributed by atoms with Crippen LogP contribution >= 0.6 is 15.9 Å². The summed E-state index contributed by atoms with van der Waals surface area (Å²) in [4.78, 5) is -0.162. The third kappa shape index (κ3) is 4.58. The molecule has 0 radical (unpaired) electrons. The van der Waals surface area contributed by atoms with E-state index in [1.807, 2.05) is 0 Å². The van der Waals surface area contributed by atoms with Crippen molar-refractivity contribution >= 4 is 36.0 Å². The second kappa shape index (κ2) is 6.65. The molecule has 2 aromatic carbocycles. The molecule has 0 bridgehead atoms. The van der Waals surface area contributed by atoms with Gasteiger partial charge >= 0.3 is 0 Å². The molecule has 2 aromatic rings. The van der Waals surface area contributed by atoms with Crippen LogP contribution in [0.3, 0.4) is 0 Å². The Hall–Kier alpha value is -1.33. The van der Waals surface area contributed by atoms with Gasteiger partial charge in [0.2, 0.25) is 20.0 Å². The molecule has 0 aliphatic heterocycles. The maximum Gasteiger partial charge on any atom is 0.241 e. The van der Waals surface area contributed by atoms with Crippen LogP contribution < -0.4 is 9.86 Å². The molecule has 0 aliphatic rings. The van der Waals surface area contributed by atoms with E-state index in [9.17, 15) is 21.2 Å². The molecule has 10 heteroatoms. The molecule has 6 nitrogen and oxygen atoms in total. The first kappa shape index (κ1) is 18.0. The highest BCUT2D eigenvalue weighted by Gasteiger charge is 2.18. The molecule has 23 heavy (non-hydrogen) atoms. The maximum absolute atomic E-state index is 13.0. The van der Waals surface area contributed by atoms with Crippen molar-refractivity contribution in [2.75, 3.05) is 0 Å². The minimum atomic E-state index is -3.85. The summed E-state index contributed by atoms with van der Waals surface area (Å²) < 4.78 is 62.1. The smallest absolute Gasteiger partial charge is 0.225 e. The summed E-state index contributed by atoms with van der Waals surface area (Å²) in [5.41, 5.74) is 0.541. The third-order valence-corrected chi connectivity index (χ3v) is 6.21. The summed E-state index contributed by atoms with van der Waals surface area (Å²) in [6.07, 6.45) is 0. The lowest BCUT2D eigenvalue weighted by molar-refractivity contribution is 0.579. The Labute approximate surface area is 141 Å². The van der Waals surface area contributed by atoms with Gasteiger partial charge in [0, 0.05) is 11.0 Å². The molecule has 0 heterocycles. The second-order valence-corrected chi connectivity index (χ2v) is 8.74. The Morgan fingerprint density at radius 2 is 1.65 bits per heavy atom. The van der Waals surface area contributed by atoms with E-state index in [1.54, 1.807) is 0 Å². The molecule has 0 saturated carbocycles. The van der Waals surface area contributed by atoms with Gasteiger partial charge in [0.15, 0.2) is 0 Å². The van der Waals surface area contributed by atoms with Crippen LogP contribution in [-0.4, -0.2) is 16.8 Å². The summed E-state index contributed by atoms with van der Waals surface area (Å²) in [7, 11) is -7.65. The number of hydrogen-bond donors (Lipinski definition) is 2. The van der Waals surface area contributed by atoms with E-state index >= 15 is 0 Å². The maximum atomic E-state index is 13.0. The standard InChI is InChI=1S/C13H12BrFN2O4S2/c14-12-7-10(15)3-6-13(12)23(20,21)17-8-9-1-4-11(5-2-9)22(16,18)19/h1-7,17H,8H2,(H2,16,18,19). The average molecular weight is 423 g/mol. The van der Waals surface area contributed by atoms with Crippen molar-refractivity contribution in [2.24, 2.45) is 5.14 Å². The average Bonchev–Trinajstić information content (AvgIpc) is 2.44. The van der Waals surface area contributed by atoms with Crippen molar-refractivity contribution in [3.05, 3.63) is 58.3 Å². The fraction of sp³-hybridized carbons (Fsp3) is 0.0769. The predicted molar refractivity (Wildman–Crippen MR) is 85.9 cm³/mol. The van der Waals surface area contributed by atoms with Crippen LogP contribution in [0.2, 0.25) is 0 Å². The van der Waals surface area contributed by atoms with Crippen molar-refractivity contribution in [1.29, 1.82) is 0 Å². The lowest BCUT2D eigenvalue weighted by Crippen LogP contribution is -2.23. The molecule has 124 valence electrons. The lowest BCUT2D eigenvalue weighted by Gasteiger charge is -2.09. The summed E-state index contributed by atoms with van der Waals surface area (Å²) >= 11 is 3.00. The van der Waals surface area contributed by atoms with Crippen LogP contribution in [0.1, 0.15) is 5.56 Å². The molecular weight excluding hydrogens is 411 g/mol. The Kier molecular flexibility index (Phi) is 5.21. The van der Waals surface area contributed by atoms with Crippen LogP contribution in [0.25, 0.3) is 0 Å². The highest BCUT2D eigenvalue weighted by Crippen LogP contribution is 2.22. The second-order valence-electron chi connectivity index (χ2n) is 4.59. The minimum absolute atomic E-state index is 0.0585. The predicted octanol–water partition coefficient (Wildman–Crippen LogP) is 1.71. The number of nitrogens with two attached hydrogens (primary N) is 1. The zero-order chi connectivity index (χ0) is 17.3. The van der Waals surface area contributed by atoms with E-state index in [0.717, 1.165) is 18.2 Å². The number of primary sulfonamides is 1. The van der Waals surface area contributed by atoms with Crippen molar-refractivity contribution < 1.29 is 21.2 Å². The van der Waals surface area contributed by atoms with Gasteiger partial charge < -0.3 is 0 Å². The zero-order valence-electron chi connectivity index (χ0n) is 11.5. The van der Waals surface area contributed by atoms with Gasteiger partial charge in [0.25, 0.3) is 0 Å². The first-order valence-corrected chi connectivity index (χ1v) is 9.98. The molecule has 0 aromatic heterocycles. The molecule has 0 atom stereocenters. The number of halogens is 2. The molecule has 0 unspecified atom stereocenters. The molecule has 3 N–H and O–H groups in total. The van der Waals surface area contributed by atoms with Crippen LogP contribution in [0.4, 0.5) is 4.39 Å². The van der Waals surface area contributed by atoms with E-state index in [-0.39, 0.29) is 20.8 Å². The van der Waals surface area contributed by atoms with Gasteiger partial charge in [-0.05, 0) is 51.8 Å². The van der Waals surface area contributed by atoms with Crippen molar-refractivity contribution in [2.45, 2.75) is 16.3 Å². The number of nitrogens with one attached hydrogen (secondary N) is 1. The van der Waals surface area contributed by atoms with E-state index in [1.165, 1.54) is 24.3 Å². The zero-order valence-corrected chi connectivity index (χ0v) is 14.8. The topological polar surface area (TPSA) is 106 Å². The Balaban J connectivity index is 2.16. The van der Waals surface area contributed by atoms with Gasteiger partial charge in [0.05, 0.1) is 9.79 Å². The molecule has 0 spiro atoms. The Morgan fingerprint density at radius 1 is 1.04 bits per heavy atom. The first-order chi connectivity index (χ1) is 10.6. The van der Waals surface area contributed by atoms with Gasteiger partial charge in [0.1, 0.15) is 5.82 Å². The molecule has 2 rings (SSSR count). The van der Waals surface area contributed by atoms with E-state index in [0.29, 0.717) is 5.56 Å². The van der Waals surface area contributed by atoms with E-state index in [2.05, 4.69) is 20.7 Å². The third-order valence-electron chi connectivity index (χ3n) is 2.90. The summed E-state index contributed by atoms with van der Waals surface area (Å²) in [5, 5.41) is 4.98. The van der Waals surface area contributed by atoms with Crippen molar-refractivity contribution in [3.63, 3.8) is 0 Å². The highest BCUT2D eigenvalue weighted by molar-refractivity contribution is 9.10. The van der Waals surface area contributed by atoms with Gasteiger partial charge in [-0.3, -0.25) is 0 Å². The quantitative estimate of drug-likeness (QED) is 0.764. The summed E-state index contributed by atoms with van der Waals surface area (Å²) in [5.74, 6) is -0.561. The van der Waals surface area contributed by atoms with Gasteiger partial charge in [-0.1, -0.05) is 12.1 Å². The molecule has 0 aliphatic carbocycles. The number of rotatable bonds is 5. The van der Waals surface area contributed by atoms with Crippen molar-refractivity contribution in [3.8, 4) is 0 Å². The molecule has 0 saturated heterocycles. The van der Waals surface area contributed by atoms with E-state index in [4.69, 9.17) is 5.14 Å². The largest absolute Gasteiger partial charge is 0.241 e. The summed E-state index contributed by atoms with van der Waals surface area (Å²) in [6.45, 7) is -0.0585. The van der Waals surface area contributed by atoms with Gasteiger partial charge in [-0.15, -0.1) is 0 Å². The lowest BCUT2D eigenvalue weighted by atomic mass is 10.2. The minimum Gasteiger partial charge on any atom is -0.225 e. The Morgan fingerprint density at radius 3 is 2.17 bits per heavy atom. The van der Waals surface area contributed by atoms with Crippen LogP contribution in [0, 0.1) is 5.82 Å². The number of hydrogen-bond acceptors (Lipinski definition) is 4. The van der Waals surface area contributed by atoms with Crippen LogP contribution in [0.5, 0.6) is 0 Å². The summed E-state index contributed by atoms with van der Waals surface area (Å²) in [6, 6.07) is 8.70. The van der Waals surface area contributed by atoms with Gasteiger partial charge in [-0.2, -0.15) is 0 Å². The number of sulfonamides is 2. The number of benzene rings is 2. The molecular formula is C13H12BrFN2O4S2. The fourth-order valence-electron chi connectivity index (χ4n) is 1.75. The van der Waals surface area contributed by atoms with Crippen LogP contribution in [-0.2, 0) is 26.6 Å².